The molecule has 1 atom stereocenters. The predicted molar refractivity (Wildman–Crippen MR) is 140 cm³/mol. The first kappa shape index (κ1) is 23.9. The number of amides is 1. The zero-order valence-corrected chi connectivity index (χ0v) is 21.1. The van der Waals surface area contributed by atoms with Gasteiger partial charge < -0.3 is 15.1 Å². The second kappa shape index (κ2) is 9.66. The van der Waals surface area contributed by atoms with Crippen LogP contribution in [0, 0.1) is 5.92 Å². The Hall–Kier alpha value is -2.84. The van der Waals surface area contributed by atoms with Crippen molar-refractivity contribution in [3.05, 3.63) is 71.9 Å². The molecule has 1 N–H and O–H groups in total. The zero-order chi connectivity index (χ0) is 24.6. The summed E-state index contributed by atoms with van der Waals surface area (Å²) in [5.74, 6) is 0.491. The lowest BCUT2D eigenvalue weighted by molar-refractivity contribution is 0.0564. The summed E-state index contributed by atoms with van der Waals surface area (Å²) in [4.78, 5) is 18.2. The Morgan fingerprint density at radius 3 is 2.37 bits per heavy atom. The van der Waals surface area contributed by atoms with Gasteiger partial charge in [-0.15, -0.1) is 0 Å². The number of nitrogens with zero attached hydrogens (tertiary/aromatic N) is 3. The molecule has 0 bridgehead atoms. The number of piperazine rings is 1. The summed E-state index contributed by atoms with van der Waals surface area (Å²) >= 11 is 0. The van der Waals surface area contributed by atoms with E-state index in [4.69, 9.17) is 0 Å². The molecule has 0 radical (unpaired) electrons. The average Bonchev–Trinajstić information content (AvgIpc) is 3.57. The Balaban J connectivity index is 1.47. The van der Waals surface area contributed by atoms with Crippen LogP contribution in [0.25, 0.3) is 0 Å². The second-order valence-electron chi connectivity index (χ2n) is 9.90. The second-order valence-corrected chi connectivity index (χ2v) is 11.9. The summed E-state index contributed by atoms with van der Waals surface area (Å²) in [6.45, 7) is 6.95. The third-order valence-corrected chi connectivity index (χ3v) is 8.58. The van der Waals surface area contributed by atoms with Crippen LogP contribution in [-0.2, 0) is 10.0 Å². The Kier molecular flexibility index (Phi) is 6.59. The standard InChI is InChI=1S/C27H34N4O3S/c1-20(21-10-11-21)28-23-12-13-24(25(18-23)29-14-6-7-15-29)27(32)31-17-16-30(35(2,33)34)19-26(31)22-8-4-3-5-9-22/h3-5,8-9,12-13,18,21,26,28H,1,6-7,10-11,14-17,19H2,2H3. The Morgan fingerprint density at radius 2 is 1.71 bits per heavy atom. The van der Waals surface area contributed by atoms with E-state index in [1.807, 2.05) is 47.4 Å². The average molecular weight is 495 g/mol. The first-order valence-electron chi connectivity index (χ1n) is 12.5. The highest BCUT2D eigenvalue weighted by molar-refractivity contribution is 7.88. The fourth-order valence-electron chi connectivity index (χ4n) is 5.15. The molecule has 7 nitrogen and oxygen atoms in total. The number of sulfonamides is 1. The molecule has 5 rings (SSSR count). The molecule has 2 aromatic rings. The van der Waals surface area contributed by atoms with E-state index in [1.54, 1.807) is 0 Å². The highest BCUT2D eigenvalue weighted by atomic mass is 32.2. The number of carbonyl (C=O) groups is 1. The SMILES string of the molecule is C=C(Nc1ccc(C(=O)N2CCN(S(C)(=O)=O)CC2c2ccccc2)c(N2CCCC2)c1)C1CC1. The molecule has 8 heteroatoms. The third kappa shape index (κ3) is 5.23. The van der Waals surface area contributed by atoms with Gasteiger partial charge in [-0.25, -0.2) is 8.42 Å². The summed E-state index contributed by atoms with van der Waals surface area (Å²) in [5.41, 5.74) is 4.55. The first-order valence-corrected chi connectivity index (χ1v) is 14.3. The molecule has 2 saturated heterocycles. The molecule has 0 aromatic heterocycles. The molecule has 1 aliphatic carbocycles. The highest BCUT2D eigenvalue weighted by Gasteiger charge is 2.36. The molecular formula is C27H34N4O3S. The van der Waals surface area contributed by atoms with Crippen molar-refractivity contribution in [2.24, 2.45) is 5.92 Å². The van der Waals surface area contributed by atoms with Crippen molar-refractivity contribution in [3.8, 4) is 0 Å². The lowest BCUT2D eigenvalue weighted by Gasteiger charge is -2.41. The first-order chi connectivity index (χ1) is 16.8. The van der Waals surface area contributed by atoms with Crippen molar-refractivity contribution in [1.29, 1.82) is 0 Å². The molecule has 1 amide bonds. The van der Waals surface area contributed by atoms with Gasteiger partial charge in [-0.2, -0.15) is 4.31 Å². The van der Waals surface area contributed by atoms with Crippen molar-refractivity contribution < 1.29 is 13.2 Å². The zero-order valence-electron chi connectivity index (χ0n) is 20.3. The van der Waals surface area contributed by atoms with Crippen LogP contribution in [-0.4, -0.2) is 62.5 Å². The van der Waals surface area contributed by atoms with E-state index >= 15 is 0 Å². The van der Waals surface area contributed by atoms with Gasteiger partial charge in [0.05, 0.1) is 23.5 Å². The molecule has 1 saturated carbocycles. The van der Waals surface area contributed by atoms with Crippen LogP contribution in [0.1, 0.15) is 47.6 Å². The van der Waals surface area contributed by atoms with E-state index in [2.05, 4.69) is 22.9 Å². The third-order valence-electron chi connectivity index (χ3n) is 7.31. The summed E-state index contributed by atoms with van der Waals surface area (Å²) in [6.07, 6.45) is 5.82. The Labute approximate surface area is 208 Å². The van der Waals surface area contributed by atoms with Gasteiger partial charge in [-0.3, -0.25) is 4.79 Å². The monoisotopic (exact) mass is 494 g/mol. The van der Waals surface area contributed by atoms with Gasteiger partial charge in [-0.1, -0.05) is 36.9 Å². The fraction of sp³-hybridized carbons (Fsp3) is 0.444. The van der Waals surface area contributed by atoms with Crippen molar-refractivity contribution in [2.45, 2.75) is 31.7 Å². The topological polar surface area (TPSA) is 73.0 Å². The van der Waals surface area contributed by atoms with Gasteiger partial charge in [0.25, 0.3) is 5.91 Å². The quantitative estimate of drug-likeness (QED) is 0.628. The normalized spacial score (nSPS) is 21.2. The van der Waals surface area contributed by atoms with Crippen molar-refractivity contribution in [2.75, 3.05) is 49.2 Å². The molecule has 3 fully saturated rings. The maximum absolute atomic E-state index is 14.1. The van der Waals surface area contributed by atoms with Crippen LogP contribution in [0.5, 0.6) is 0 Å². The number of rotatable bonds is 7. The van der Waals surface area contributed by atoms with Gasteiger partial charge in [-0.05, 0) is 55.4 Å². The van der Waals surface area contributed by atoms with Crippen LogP contribution in [0.3, 0.4) is 0 Å². The maximum Gasteiger partial charge on any atom is 0.256 e. The summed E-state index contributed by atoms with van der Waals surface area (Å²) in [7, 11) is -3.35. The van der Waals surface area contributed by atoms with Gasteiger partial charge in [0.15, 0.2) is 0 Å². The molecule has 1 unspecified atom stereocenters. The smallest absolute Gasteiger partial charge is 0.256 e. The van der Waals surface area contributed by atoms with Crippen molar-refractivity contribution in [3.63, 3.8) is 0 Å². The summed E-state index contributed by atoms with van der Waals surface area (Å²) in [6, 6.07) is 15.3. The van der Waals surface area contributed by atoms with E-state index in [-0.39, 0.29) is 18.5 Å². The minimum atomic E-state index is -3.35. The van der Waals surface area contributed by atoms with Crippen LogP contribution >= 0.6 is 0 Å². The molecular weight excluding hydrogens is 460 g/mol. The molecule has 2 aliphatic heterocycles. The number of hydrogen-bond donors (Lipinski definition) is 1. The number of nitrogens with one attached hydrogen (secondary N) is 1. The minimum absolute atomic E-state index is 0.0542. The molecule has 2 aromatic carbocycles. The van der Waals surface area contributed by atoms with E-state index in [1.165, 1.54) is 23.4 Å². The number of anilines is 2. The maximum atomic E-state index is 14.1. The van der Waals surface area contributed by atoms with Crippen LogP contribution in [0.4, 0.5) is 11.4 Å². The van der Waals surface area contributed by atoms with E-state index in [9.17, 15) is 13.2 Å². The fourth-order valence-corrected chi connectivity index (χ4v) is 5.97. The molecule has 3 aliphatic rings. The number of benzene rings is 2. The van der Waals surface area contributed by atoms with Gasteiger partial charge in [0.1, 0.15) is 0 Å². The number of hydrogen-bond acceptors (Lipinski definition) is 5. The Morgan fingerprint density at radius 1 is 1.00 bits per heavy atom. The van der Waals surface area contributed by atoms with Crippen LogP contribution in [0.2, 0.25) is 0 Å². The van der Waals surface area contributed by atoms with E-state index < -0.39 is 10.0 Å². The van der Waals surface area contributed by atoms with Gasteiger partial charge in [0, 0.05) is 44.1 Å². The van der Waals surface area contributed by atoms with E-state index in [0.29, 0.717) is 24.6 Å². The number of carbonyl (C=O) groups excluding carboxylic acids is 1. The lowest BCUT2D eigenvalue weighted by Crippen LogP contribution is -2.52. The molecule has 35 heavy (non-hydrogen) atoms. The van der Waals surface area contributed by atoms with Crippen LogP contribution in [0.15, 0.2) is 60.8 Å². The minimum Gasteiger partial charge on any atom is -0.371 e. The molecule has 186 valence electrons. The van der Waals surface area contributed by atoms with Crippen molar-refractivity contribution in [1.82, 2.24) is 9.21 Å². The largest absolute Gasteiger partial charge is 0.371 e. The summed E-state index contributed by atoms with van der Waals surface area (Å²) in [5, 5.41) is 3.45. The molecule has 2 heterocycles. The number of allylic oxidation sites excluding steroid dienone is 1. The lowest BCUT2D eigenvalue weighted by atomic mass is 10.0. The van der Waals surface area contributed by atoms with Crippen LogP contribution < -0.4 is 10.2 Å². The summed E-state index contributed by atoms with van der Waals surface area (Å²) < 4.78 is 26.1. The molecule has 0 spiro atoms. The van der Waals surface area contributed by atoms with E-state index in [0.717, 1.165) is 48.6 Å². The van der Waals surface area contributed by atoms with Gasteiger partial charge in [0.2, 0.25) is 10.0 Å². The Bertz CT molecular complexity index is 1200. The highest BCUT2D eigenvalue weighted by Crippen LogP contribution is 2.37. The van der Waals surface area contributed by atoms with Gasteiger partial charge >= 0.3 is 0 Å². The van der Waals surface area contributed by atoms with Crippen molar-refractivity contribution >= 4 is 27.3 Å². The predicted octanol–water partition coefficient (Wildman–Crippen LogP) is 4.08.